The van der Waals surface area contributed by atoms with Crippen LogP contribution in [0, 0.1) is 16.7 Å². The van der Waals surface area contributed by atoms with E-state index in [9.17, 15) is 14.9 Å². The normalized spacial score (nSPS) is 17.3. The van der Waals surface area contributed by atoms with Crippen LogP contribution in [-0.2, 0) is 30.9 Å². The standard InChI is InChI=1S/C19H23NO4/c1-5-23-16(21)19(17(22)24-6-2)10-13-8-7-9-14(11-20)15(13)18(3,4)12-19/h7-9H,5-6,10,12H2,1-4H3. The smallest absolute Gasteiger partial charge is 0.323 e. The van der Waals surface area contributed by atoms with Crippen molar-refractivity contribution < 1.29 is 19.1 Å². The molecule has 2 rings (SSSR count). The van der Waals surface area contributed by atoms with E-state index in [2.05, 4.69) is 6.07 Å². The highest BCUT2D eigenvalue weighted by molar-refractivity contribution is 6.01. The summed E-state index contributed by atoms with van der Waals surface area (Å²) in [4.78, 5) is 25.4. The summed E-state index contributed by atoms with van der Waals surface area (Å²) < 4.78 is 10.4. The number of carbonyl (C=O) groups excluding carboxylic acids is 2. The lowest BCUT2D eigenvalue weighted by Gasteiger charge is -2.43. The molecule has 0 bridgehead atoms. The van der Waals surface area contributed by atoms with Gasteiger partial charge in [0.2, 0.25) is 0 Å². The number of nitrogens with zero attached hydrogens (tertiary/aromatic N) is 1. The number of ether oxygens (including phenoxy) is 2. The molecule has 0 spiro atoms. The molecule has 0 aromatic heterocycles. The van der Waals surface area contributed by atoms with Crippen LogP contribution >= 0.6 is 0 Å². The third-order valence-corrected chi connectivity index (χ3v) is 4.52. The Balaban J connectivity index is 2.62. The Morgan fingerprint density at radius 1 is 1.17 bits per heavy atom. The number of esters is 2. The fraction of sp³-hybridized carbons (Fsp3) is 0.526. The fourth-order valence-electron chi connectivity index (χ4n) is 3.78. The molecule has 1 aromatic carbocycles. The van der Waals surface area contributed by atoms with E-state index >= 15 is 0 Å². The molecule has 0 atom stereocenters. The van der Waals surface area contributed by atoms with Crippen molar-refractivity contribution in [2.75, 3.05) is 13.2 Å². The van der Waals surface area contributed by atoms with Crippen LogP contribution < -0.4 is 0 Å². The second kappa shape index (κ2) is 6.64. The average molecular weight is 329 g/mol. The Hall–Kier alpha value is -2.35. The Kier molecular flexibility index (Phi) is 4.98. The van der Waals surface area contributed by atoms with Gasteiger partial charge in [-0.2, -0.15) is 5.26 Å². The molecule has 0 radical (unpaired) electrons. The van der Waals surface area contributed by atoms with Crippen LogP contribution in [0.25, 0.3) is 0 Å². The van der Waals surface area contributed by atoms with Crippen LogP contribution in [0.5, 0.6) is 0 Å². The molecule has 5 nitrogen and oxygen atoms in total. The molecular weight excluding hydrogens is 306 g/mol. The lowest BCUT2D eigenvalue weighted by molar-refractivity contribution is -0.174. The number of benzene rings is 1. The van der Waals surface area contributed by atoms with Crippen molar-refractivity contribution in [1.29, 1.82) is 5.26 Å². The number of hydrogen-bond donors (Lipinski definition) is 0. The molecule has 1 aliphatic rings. The van der Waals surface area contributed by atoms with Crippen LogP contribution in [0.2, 0.25) is 0 Å². The third-order valence-electron chi connectivity index (χ3n) is 4.52. The highest BCUT2D eigenvalue weighted by Gasteiger charge is 2.55. The lowest BCUT2D eigenvalue weighted by Crippen LogP contribution is -2.50. The van der Waals surface area contributed by atoms with Gasteiger partial charge in [0.05, 0.1) is 24.8 Å². The van der Waals surface area contributed by atoms with Gasteiger partial charge in [0, 0.05) is 0 Å². The van der Waals surface area contributed by atoms with Gasteiger partial charge in [-0.05, 0) is 49.3 Å². The Labute approximate surface area is 142 Å². The summed E-state index contributed by atoms with van der Waals surface area (Å²) in [5.41, 5.74) is 0.415. The van der Waals surface area contributed by atoms with Gasteiger partial charge in [-0.15, -0.1) is 0 Å². The Morgan fingerprint density at radius 2 is 1.75 bits per heavy atom. The SMILES string of the molecule is CCOC(=O)C1(C(=O)OCC)Cc2cccc(C#N)c2C(C)(C)C1. The zero-order chi connectivity index (χ0) is 18.0. The maximum absolute atomic E-state index is 12.7. The monoisotopic (exact) mass is 329 g/mol. The van der Waals surface area contributed by atoms with Crippen molar-refractivity contribution in [3.63, 3.8) is 0 Å². The molecule has 0 N–H and O–H groups in total. The van der Waals surface area contributed by atoms with Gasteiger partial charge in [0.15, 0.2) is 5.41 Å². The first-order valence-electron chi connectivity index (χ1n) is 8.19. The van der Waals surface area contributed by atoms with Gasteiger partial charge < -0.3 is 9.47 Å². The van der Waals surface area contributed by atoms with E-state index in [1.807, 2.05) is 19.9 Å². The van der Waals surface area contributed by atoms with Gasteiger partial charge in [0.1, 0.15) is 0 Å². The van der Waals surface area contributed by atoms with Gasteiger partial charge >= 0.3 is 11.9 Å². The number of rotatable bonds is 4. The van der Waals surface area contributed by atoms with E-state index in [1.54, 1.807) is 26.0 Å². The zero-order valence-corrected chi connectivity index (χ0v) is 14.6. The quantitative estimate of drug-likeness (QED) is 0.627. The molecule has 1 aromatic rings. The molecule has 0 amide bonds. The van der Waals surface area contributed by atoms with E-state index in [0.29, 0.717) is 5.56 Å². The summed E-state index contributed by atoms with van der Waals surface area (Å²) in [5, 5.41) is 9.41. The first-order chi connectivity index (χ1) is 11.3. The van der Waals surface area contributed by atoms with Crippen LogP contribution in [0.15, 0.2) is 18.2 Å². The van der Waals surface area contributed by atoms with E-state index in [1.165, 1.54) is 0 Å². The van der Waals surface area contributed by atoms with Crippen molar-refractivity contribution in [1.82, 2.24) is 0 Å². The topological polar surface area (TPSA) is 76.4 Å². The summed E-state index contributed by atoms with van der Waals surface area (Å²) in [6, 6.07) is 7.62. The first-order valence-corrected chi connectivity index (χ1v) is 8.19. The fourth-order valence-corrected chi connectivity index (χ4v) is 3.78. The van der Waals surface area contributed by atoms with Crippen LogP contribution in [0.1, 0.15) is 50.8 Å². The van der Waals surface area contributed by atoms with Crippen LogP contribution in [-0.4, -0.2) is 25.2 Å². The molecule has 1 aliphatic carbocycles. The zero-order valence-electron chi connectivity index (χ0n) is 14.6. The van der Waals surface area contributed by atoms with Crippen molar-refractivity contribution in [3.05, 3.63) is 34.9 Å². The predicted molar refractivity (Wildman–Crippen MR) is 88.2 cm³/mol. The maximum atomic E-state index is 12.7. The molecular formula is C19H23NO4. The molecule has 0 unspecified atom stereocenters. The second-order valence-corrected chi connectivity index (χ2v) is 6.71. The number of fused-ring (bicyclic) bond motifs is 1. The first kappa shape index (κ1) is 18.0. The van der Waals surface area contributed by atoms with E-state index in [-0.39, 0.29) is 26.1 Å². The summed E-state index contributed by atoms with van der Waals surface area (Å²) in [5.74, 6) is -1.10. The summed E-state index contributed by atoms with van der Waals surface area (Å²) >= 11 is 0. The lowest BCUT2D eigenvalue weighted by atomic mass is 9.60. The minimum absolute atomic E-state index is 0.193. The number of nitriles is 1. The van der Waals surface area contributed by atoms with Gasteiger partial charge in [-0.3, -0.25) is 9.59 Å². The van der Waals surface area contributed by atoms with Crippen molar-refractivity contribution in [3.8, 4) is 6.07 Å². The highest BCUT2D eigenvalue weighted by Crippen LogP contribution is 2.48. The van der Waals surface area contributed by atoms with E-state index in [0.717, 1.165) is 11.1 Å². The van der Waals surface area contributed by atoms with Gasteiger partial charge in [-0.25, -0.2) is 0 Å². The second-order valence-electron chi connectivity index (χ2n) is 6.71. The number of carbonyl (C=O) groups is 2. The minimum Gasteiger partial charge on any atom is -0.465 e. The molecule has 128 valence electrons. The molecule has 24 heavy (non-hydrogen) atoms. The molecule has 0 fully saturated rings. The molecule has 0 aliphatic heterocycles. The Bertz CT molecular complexity index is 682. The van der Waals surface area contributed by atoms with Gasteiger partial charge in [-0.1, -0.05) is 26.0 Å². The summed E-state index contributed by atoms with van der Waals surface area (Å²) in [6.07, 6.45) is 0.447. The predicted octanol–water partition coefficient (Wildman–Crippen LogP) is 2.89. The van der Waals surface area contributed by atoms with Crippen LogP contribution in [0.3, 0.4) is 0 Å². The average Bonchev–Trinajstić information content (AvgIpc) is 2.53. The molecule has 0 heterocycles. The van der Waals surface area contributed by atoms with Crippen molar-refractivity contribution in [2.24, 2.45) is 5.41 Å². The molecule has 0 saturated heterocycles. The highest BCUT2D eigenvalue weighted by atomic mass is 16.6. The molecule has 0 saturated carbocycles. The third kappa shape index (κ3) is 2.89. The molecule has 5 heteroatoms. The van der Waals surface area contributed by atoms with E-state index in [4.69, 9.17) is 9.47 Å². The maximum Gasteiger partial charge on any atom is 0.323 e. The largest absolute Gasteiger partial charge is 0.465 e. The minimum atomic E-state index is -1.36. The van der Waals surface area contributed by atoms with Crippen molar-refractivity contribution >= 4 is 11.9 Å². The summed E-state index contributed by atoms with van der Waals surface area (Å²) in [7, 11) is 0. The van der Waals surface area contributed by atoms with Crippen LogP contribution in [0.4, 0.5) is 0 Å². The van der Waals surface area contributed by atoms with E-state index < -0.39 is 22.8 Å². The Morgan fingerprint density at radius 3 is 2.25 bits per heavy atom. The van der Waals surface area contributed by atoms with Crippen molar-refractivity contribution in [2.45, 2.75) is 46.0 Å². The summed E-state index contributed by atoms with van der Waals surface area (Å²) in [6.45, 7) is 7.72. The van der Waals surface area contributed by atoms with Gasteiger partial charge in [0.25, 0.3) is 0 Å². The number of hydrogen-bond acceptors (Lipinski definition) is 5.